The molecule has 0 radical (unpaired) electrons. The van der Waals surface area contributed by atoms with Gasteiger partial charge in [-0.15, -0.1) is 0 Å². The van der Waals surface area contributed by atoms with E-state index in [2.05, 4.69) is 21.3 Å². The van der Waals surface area contributed by atoms with Gasteiger partial charge in [-0.3, -0.25) is 57.6 Å². The summed E-state index contributed by atoms with van der Waals surface area (Å²) in [5.74, 6) is -9.04. The van der Waals surface area contributed by atoms with E-state index in [1.54, 1.807) is 62.4 Å². The van der Waals surface area contributed by atoms with Crippen molar-refractivity contribution in [2.24, 2.45) is 35.0 Å². The van der Waals surface area contributed by atoms with Gasteiger partial charge < -0.3 is 55.6 Å². The quantitative estimate of drug-likeness (QED) is 0.194. The van der Waals surface area contributed by atoms with Crippen molar-refractivity contribution < 1.29 is 57.6 Å². The molecule has 0 aliphatic carbocycles. The van der Waals surface area contributed by atoms with Crippen molar-refractivity contribution in [3.05, 3.63) is 12.2 Å². The lowest BCUT2D eigenvalue weighted by molar-refractivity contribution is -0.321. The molecule has 0 aromatic rings. The normalized spacial score (nSPS) is 30.1. The van der Waals surface area contributed by atoms with E-state index >= 15 is 14.4 Å². The zero-order valence-corrected chi connectivity index (χ0v) is 56.3. The molecule has 3 aliphatic heterocycles. The molecule has 0 aromatic carbocycles. The predicted molar refractivity (Wildman–Crippen MR) is 328 cm³/mol. The zero-order chi connectivity index (χ0) is 66.1. The Balaban J connectivity index is 2.44. The van der Waals surface area contributed by atoms with Crippen LogP contribution in [0.5, 0.6) is 0 Å². The maximum atomic E-state index is 15.5. The number of carbonyl (C=O) groups excluding carboxylic acids is 11. The Labute approximate surface area is 512 Å². The van der Waals surface area contributed by atoms with Crippen molar-refractivity contribution in [1.29, 1.82) is 0 Å². The average Bonchev–Trinajstić information content (AvgIpc) is 1.22. The van der Waals surface area contributed by atoms with Crippen LogP contribution in [-0.2, 0) is 57.6 Å². The van der Waals surface area contributed by atoms with Crippen LogP contribution in [0.25, 0.3) is 0 Å². The monoisotopic (exact) mass is 1210 g/mol. The first-order valence-electron chi connectivity index (χ1n) is 30.9. The van der Waals surface area contributed by atoms with Crippen molar-refractivity contribution in [2.75, 3.05) is 55.9 Å². The fourth-order valence-electron chi connectivity index (χ4n) is 12.4. The minimum absolute atomic E-state index is 0.0611. The van der Waals surface area contributed by atoms with Crippen molar-refractivity contribution in [1.82, 2.24) is 60.6 Å². The molecule has 3 fully saturated rings. The van der Waals surface area contributed by atoms with E-state index in [0.29, 0.717) is 6.42 Å². The molecule has 488 valence electrons. The fraction of sp³-hybridized carbons (Fsp3) is 0.790. The van der Waals surface area contributed by atoms with E-state index in [1.807, 2.05) is 53.7 Å². The molecule has 11 amide bonds. The third kappa shape index (κ3) is 16.7. The molecule has 0 saturated carbocycles. The number of nitrogens with one attached hydrogen (secondary N) is 4. The molecular weight excluding hydrogens is 1100 g/mol. The highest BCUT2D eigenvalue weighted by atomic mass is 16.7. The van der Waals surface area contributed by atoms with Gasteiger partial charge in [-0.2, -0.15) is 0 Å². The largest absolute Gasteiger partial charge is 0.343 e. The Hall–Kier alpha value is -6.17. The van der Waals surface area contributed by atoms with Crippen molar-refractivity contribution in [3.8, 4) is 0 Å². The van der Waals surface area contributed by atoms with Crippen LogP contribution in [0, 0.1) is 35.0 Å². The third-order valence-electron chi connectivity index (χ3n) is 17.6. The first kappa shape index (κ1) is 74.1. The SMILES string of the molecule is C/C=C/C[C@@H](C)[C@H]1ON2C(=O)[C@H](C(C)C)N(C)C(=O)[C@@H]3CC(C)N(C(=O)[C@H](C)NC(=O)[C@H](CC(C)C)N(C)C(=O)[C@H](C(C)C)NC(=O)[C@H](C(C)(C)CNC)N(C)C(=O)[C@@H](C)N(C)C(=O)[C@H](CC)NC(=O)[C@H]12)[C@H](C)C(=O)N(C)[C@@H](CC(C)C)C(=O)N3C. The van der Waals surface area contributed by atoms with Crippen LogP contribution in [0.2, 0.25) is 0 Å². The van der Waals surface area contributed by atoms with E-state index in [4.69, 9.17) is 4.84 Å². The number of rotatable bonds is 13. The first-order chi connectivity index (χ1) is 39.8. The summed E-state index contributed by atoms with van der Waals surface area (Å²) >= 11 is 0. The summed E-state index contributed by atoms with van der Waals surface area (Å²) in [6.45, 7) is 29.7. The van der Waals surface area contributed by atoms with Crippen molar-refractivity contribution in [2.45, 2.75) is 228 Å². The number of hydrogen-bond acceptors (Lipinski definition) is 13. The van der Waals surface area contributed by atoms with E-state index in [-0.39, 0.29) is 50.0 Å². The van der Waals surface area contributed by atoms with E-state index in [9.17, 15) is 38.4 Å². The lowest BCUT2D eigenvalue weighted by atomic mass is 9.82. The Morgan fingerprint density at radius 2 is 1.14 bits per heavy atom. The summed E-state index contributed by atoms with van der Waals surface area (Å²) in [6.07, 6.45) is 3.49. The van der Waals surface area contributed by atoms with E-state index in [0.717, 1.165) is 5.06 Å². The van der Waals surface area contributed by atoms with Gasteiger partial charge in [-0.1, -0.05) is 95.2 Å². The molecule has 1 unspecified atom stereocenters. The molecule has 14 atom stereocenters. The molecule has 0 aromatic heterocycles. The molecule has 3 heterocycles. The second kappa shape index (κ2) is 31.1. The Morgan fingerprint density at radius 3 is 1.65 bits per heavy atom. The molecule has 2 bridgehead atoms. The molecular formula is C62H108N12O12. The number of hydrogen-bond donors (Lipinski definition) is 4. The van der Waals surface area contributed by atoms with Gasteiger partial charge in [-0.05, 0) is 103 Å². The summed E-state index contributed by atoms with van der Waals surface area (Å²) in [4.78, 5) is 180. The van der Waals surface area contributed by atoms with Crippen LogP contribution in [0.1, 0.15) is 150 Å². The fourth-order valence-corrected chi connectivity index (χ4v) is 12.4. The van der Waals surface area contributed by atoms with Gasteiger partial charge in [-0.25, -0.2) is 5.06 Å². The van der Waals surface area contributed by atoms with Gasteiger partial charge in [0.05, 0.1) is 0 Å². The minimum atomic E-state index is -1.35. The summed E-state index contributed by atoms with van der Waals surface area (Å²) in [6, 6.07) is -14.7. The number of allylic oxidation sites excluding steroid dienone is 2. The summed E-state index contributed by atoms with van der Waals surface area (Å²) < 4.78 is 0. The topological polar surface area (TPSA) is 271 Å². The number of amides is 11. The average molecular weight is 1210 g/mol. The first-order valence-corrected chi connectivity index (χ1v) is 30.9. The molecule has 4 N–H and O–H groups in total. The van der Waals surface area contributed by atoms with Crippen molar-refractivity contribution in [3.63, 3.8) is 0 Å². The van der Waals surface area contributed by atoms with Crippen LogP contribution in [0.4, 0.5) is 0 Å². The molecule has 86 heavy (non-hydrogen) atoms. The highest BCUT2D eigenvalue weighted by Crippen LogP contribution is 2.34. The number of fused-ring (bicyclic) bond motifs is 4. The van der Waals surface area contributed by atoms with Crippen LogP contribution in [0.3, 0.4) is 0 Å². The molecule has 3 aliphatic rings. The van der Waals surface area contributed by atoms with Crippen LogP contribution in [0.15, 0.2) is 12.2 Å². The standard InChI is InChI=1S/C62H108N12O12/c1-25-27-28-37(11)49-48-52(76)65-42(26-2)57(81)67(19)40(14)55(79)72(24)50(62(16,17)32-63-18)53(77)66-46(35(7)8)60(84)68(20)43(29-33(3)4)51(75)64-39(13)54(78)73-38(12)31-45(59(83)71(23)47(36(9)10)61(85)74(48)86-49)70(22)58(82)44(30-34(5)6)69(21)56(80)41(73)15/h25,27,33-50,63H,26,28-32H2,1-24H3,(H,64,75)(H,65,76)(H,66,77)/b27-25+/t37-,38?,39+,40-,41-,42+,43+,44+,45+,46+,47+,48+,49-,50-/m1/s1. The highest BCUT2D eigenvalue weighted by molar-refractivity contribution is 6.00. The minimum Gasteiger partial charge on any atom is -0.343 e. The lowest BCUT2D eigenvalue weighted by Gasteiger charge is -2.50. The summed E-state index contributed by atoms with van der Waals surface area (Å²) in [5, 5.41) is 12.7. The Morgan fingerprint density at radius 1 is 0.593 bits per heavy atom. The number of likely N-dealkylation sites (N-methyl/N-ethyl adjacent to an activating group) is 6. The van der Waals surface area contributed by atoms with Crippen LogP contribution >= 0.6 is 0 Å². The van der Waals surface area contributed by atoms with E-state index in [1.165, 1.54) is 97.4 Å². The summed E-state index contributed by atoms with van der Waals surface area (Å²) in [7, 11) is 10.4. The van der Waals surface area contributed by atoms with Gasteiger partial charge in [0.25, 0.3) is 5.91 Å². The van der Waals surface area contributed by atoms with Gasteiger partial charge in [0, 0.05) is 60.3 Å². The van der Waals surface area contributed by atoms with Gasteiger partial charge in [0.15, 0.2) is 6.04 Å². The second-order valence-corrected chi connectivity index (χ2v) is 26.7. The van der Waals surface area contributed by atoms with Gasteiger partial charge >= 0.3 is 0 Å². The van der Waals surface area contributed by atoms with Gasteiger partial charge in [0.2, 0.25) is 59.1 Å². The Kier molecular flexibility index (Phi) is 26.8. The van der Waals surface area contributed by atoms with Crippen LogP contribution in [-0.4, -0.2) is 239 Å². The lowest BCUT2D eigenvalue weighted by Crippen LogP contribution is -2.72. The number of carbonyl (C=O) groups is 11. The molecule has 24 nitrogen and oxygen atoms in total. The third-order valence-corrected chi connectivity index (χ3v) is 17.6. The maximum Gasteiger partial charge on any atom is 0.270 e. The van der Waals surface area contributed by atoms with Gasteiger partial charge in [0.1, 0.15) is 66.5 Å². The highest BCUT2D eigenvalue weighted by Gasteiger charge is 2.55. The van der Waals surface area contributed by atoms with Crippen LogP contribution < -0.4 is 21.3 Å². The zero-order valence-electron chi connectivity index (χ0n) is 56.3. The molecule has 3 saturated heterocycles. The predicted octanol–water partition coefficient (Wildman–Crippen LogP) is 2.64. The molecule has 0 spiro atoms. The molecule has 24 heteroatoms. The number of hydroxylamine groups is 2. The van der Waals surface area contributed by atoms with E-state index < -0.39 is 161 Å². The smallest absolute Gasteiger partial charge is 0.270 e. The summed E-state index contributed by atoms with van der Waals surface area (Å²) in [5.41, 5.74) is -1.00. The second-order valence-electron chi connectivity index (χ2n) is 26.7. The number of nitrogens with zero attached hydrogens (tertiary/aromatic N) is 8. The Bertz CT molecular complexity index is 2490. The van der Waals surface area contributed by atoms with Crippen molar-refractivity contribution >= 4 is 65.0 Å². The molecule has 3 rings (SSSR count). The maximum absolute atomic E-state index is 15.5.